The lowest BCUT2D eigenvalue weighted by atomic mass is 10.2. The summed E-state index contributed by atoms with van der Waals surface area (Å²) in [5.41, 5.74) is 1.95. The highest BCUT2D eigenvalue weighted by atomic mass is 16.5. The van der Waals surface area contributed by atoms with Crippen LogP contribution in [0.3, 0.4) is 0 Å². The predicted octanol–water partition coefficient (Wildman–Crippen LogP) is 1.70. The minimum Gasteiger partial charge on any atom is -0.379 e. The van der Waals surface area contributed by atoms with Gasteiger partial charge in [-0.25, -0.2) is 9.97 Å². The molecule has 2 aromatic rings. The number of aromatic nitrogens is 3. The molecule has 0 radical (unpaired) electrons. The summed E-state index contributed by atoms with van der Waals surface area (Å²) in [6, 6.07) is 4.33. The van der Waals surface area contributed by atoms with Gasteiger partial charge in [-0.15, -0.1) is 0 Å². The highest BCUT2D eigenvalue weighted by molar-refractivity contribution is 5.71. The molecule has 1 saturated heterocycles. The molecular formula is C11H13N3O. The molecule has 2 aromatic heterocycles. The fraction of sp³-hybridized carbons (Fsp3) is 0.455. The Morgan fingerprint density at radius 3 is 3.27 bits per heavy atom. The zero-order valence-corrected chi connectivity index (χ0v) is 8.68. The van der Waals surface area contributed by atoms with E-state index >= 15 is 0 Å². The molecule has 78 valence electrons. The summed E-state index contributed by atoms with van der Waals surface area (Å²) < 4.78 is 7.61. The molecule has 4 nitrogen and oxygen atoms in total. The quantitative estimate of drug-likeness (QED) is 0.708. The van der Waals surface area contributed by atoms with Gasteiger partial charge in [-0.1, -0.05) is 0 Å². The van der Waals surface area contributed by atoms with Crippen LogP contribution >= 0.6 is 0 Å². The van der Waals surface area contributed by atoms with Crippen LogP contribution in [-0.2, 0) is 4.74 Å². The second kappa shape index (κ2) is 3.31. The Balaban J connectivity index is 2.19. The molecule has 4 heteroatoms. The average molecular weight is 203 g/mol. The van der Waals surface area contributed by atoms with E-state index in [4.69, 9.17) is 4.74 Å². The van der Waals surface area contributed by atoms with Crippen molar-refractivity contribution < 1.29 is 4.74 Å². The van der Waals surface area contributed by atoms with Crippen molar-refractivity contribution in [2.24, 2.45) is 0 Å². The zero-order valence-electron chi connectivity index (χ0n) is 8.68. The Morgan fingerprint density at radius 2 is 2.47 bits per heavy atom. The largest absolute Gasteiger partial charge is 0.379 e. The SMILES string of the molecule is Cc1nc2cccnc2n1C1CCOC1. The van der Waals surface area contributed by atoms with Crippen LogP contribution in [0.4, 0.5) is 0 Å². The summed E-state index contributed by atoms with van der Waals surface area (Å²) in [6.45, 7) is 3.65. The first kappa shape index (κ1) is 8.85. The molecule has 3 heterocycles. The third-order valence-corrected chi connectivity index (χ3v) is 2.90. The average Bonchev–Trinajstić information content (AvgIpc) is 2.82. The van der Waals surface area contributed by atoms with Crippen molar-refractivity contribution in [2.45, 2.75) is 19.4 Å². The second-order valence-electron chi connectivity index (χ2n) is 3.89. The predicted molar refractivity (Wildman–Crippen MR) is 56.7 cm³/mol. The third kappa shape index (κ3) is 1.33. The fourth-order valence-electron chi connectivity index (χ4n) is 2.21. The molecule has 3 rings (SSSR count). The number of pyridine rings is 1. The molecule has 15 heavy (non-hydrogen) atoms. The zero-order chi connectivity index (χ0) is 10.3. The number of hydrogen-bond donors (Lipinski definition) is 0. The van der Waals surface area contributed by atoms with Gasteiger partial charge in [0.2, 0.25) is 0 Å². The van der Waals surface area contributed by atoms with E-state index in [9.17, 15) is 0 Å². The van der Waals surface area contributed by atoms with Gasteiger partial charge in [-0.3, -0.25) is 0 Å². The number of aryl methyl sites for hydroxylation is 1. The summed E-state index contributed by atoms with van der Waals surface area (Å²) in [5.74, 6) is 1.03. The lowest BCUT2D eigenvalue weighted by Gasteiger charge is -2.11. The van der Waals surface area contributed by atoms with Crippen molar-refractivity contribution in [1.82, 2.24) is 14.5 Å². The Morgan fingerprint density at radius 1 is 1.53 bits per heavy atom. The summed E-state index contributed by atoms with van der Waals surface area (Å²) in [5, 5.41) is 0. The topological polar surface area (TPSA) is 39.9 Å². The van der Waals surface area contributed by atoms with E-state index in [0.29, 0.717) is 6.04 Å². The molecule has 1 fully saturated rings. The molecule has 0 saturated carbocycles. The van der Waals surface area contributed by atoms with Crippen LogP contribution in [0.5, 0.6) is 0 Å². The molecular weight excluding hydrogens is 190 g/mol. The van der Waals surface area contributed by atoms with E-state index in [2.05, 4.69) is 14.5 Å². The van der Waals surface area contributed by atoms with Gasteiger partial charge in [-0.2, -0.15) is 0 Å². The number of fused-ring (bicyclic) bond motifs is 1. The van der Waals surface area contributed by atoms with Crippen LogP contribution in [0.15, 0.2) is 18.3 Å². The van der Waals surface area contributed by atoms with E-state index in [-0.39, 0.29) is 0 Å². The summed E-state index contributed by atoms with van der Waals surface area (Å²) in [6.07, 6.45) is 2.87. The van der Waals surface area contributed by atoms with Crippen molar-refractivity contribution in [3.63, 3.8) is 0 Å². The van der Waals surface area contributed by atoms with Gasteiger partial charge in [0, 0.05) is 12.8 Å². The molecule has 1 aliphatic heterocycles. The van der Waals surface area contributed by atoms with Crippen LogP contribution in [0.1, 0.15) is 18.3 Å². The van der Waals surface area contributed by atoms with Crippen LogP contribution < -0.4 is 0 Å². The van der Waals surface area contributed by atoms with Gasteiger partial charge in [0.25, 0.3) is 0 Å². The lowest BCUT2D eigenvalue weighted by Crippen LogP contribution is -2.10. The Hall–Kier alpha value is -1.42. The molecule has 0 amide bonds. The van der Waals surface area contributed by atoms with Crippen LogP contribution in [0, 0.1) is 6.92 Å². The maximum atomic E-state index is 5.41. The standard InChI is InChI=1S/C11H13N3O/c1-8-13-10-3-2-5-12-11(10)14(8)9-4-6-15-7-9/h2-3,5,9H,4,6-7H2,1H3. The minimum atomic E-state index is 0.407. The van der Waals surface area contributed by atoms with Crippen LogP contribution in [0.2, 0.25) is 0 Å². The molecule has 1 aliphatic rings. The summed E-state index contributed by atoms with van der Waals surface area (Å²) in [4.78, 5) is 8.89. The molecule has 0 spiro atoms. The van der Waals surface area contributed by atoms with E-state index in [1.807, 2.05) is 25.3 Å². The third-order valence-electron chi connectivity index (χ3n) is 2.90. The Bertz CT molecular complexity index is 486. The molecule has 0 aliphatic carbocycles. The molecule has 1 unspecified atom stereocenters. The van der Waals surface area contributed by atoms with Crippen molar-refractivity contribution >= 4 is 11.2 Å². The molecule has 0 aromatic carbocycles. The normalized spacial score (nSPS) is 21.3. The Kier molecular flexibility index (Phi) is 1.95. The van der Waals surface area contributed by atoms with Gasteiger partial charge >= 0.3 is 0 Å². The first-order valence-corrected chi connectivity index (χ1v) is 5.23. The van der Waals surface area contributed by atoms with E-state index < -0.39 is 0 Å². The van der Waals surface area contributed by atoms with Gasteiger partial charge in [0.15, 0.2) is 5.65 Å². The van der Waals surface area contributed by atoms with Crippen molar-refractivity contribution in [3.05, 3.63) is 24.2 Å². The highest BCUT2D eigenvalue weighted by Crippen LogP contribution is 2.24. The monoisotopic (exact) mass is 203 g/mol. The number of imidazole rings is 1. The van der Waals surface area contributed by atoms with Crippen LogP contribution in [-0.4, -0.2) is 27.7 Å². The van der Waals surface area contributed by atoms with Crippen molar-refractivity contribution in [3.8, 4) is 0 Å². The number of hydrogen-bond acceptors (Lipinski definition) is 3. The summed E-state index contributed by atoms with van der Waals surface area (Å²) >= 11 is 0. The first-order chi connectivity index (χ1) is 7.36. The lowest BCUT2D eigenvalue weighted by molar-refractivity contribution is 0.186. The molecule has 0 bridgehead atoms. The number of rotatable bonds is 1. The number of nitrogens with zero attached hydrogens (tertiary/aromatic N) is 3. The minimum absolute atomic E-state index is 0.407. The van der Waals surface area contributed by atoms with Crippen molar-refractivity contribution in [1.29, 1.82) is 0 Å². The van der Waals surface area contributed by atoms with Gasteiger partial charge in [-0.05, 0) is 25.5 Å². The maximum Gasteiger partial charge on any atom is 0.160 e. The Labute approximate surface area is 87.9 Å². The molecule has 1 atom stereocenters. The van der Waals surface area contributed by atoms with Gasteiger partial charge < -0.3 is 9.30 Å². The van der Waals surface area contributed by atoms with Gasteiger partial charge in [0.05, 0.1) is 12.6 Å². The molecule has 0 N–H and O–H groups in total. The van der Waals surface area contributed by atoms with Crippen molar-refractivity contribution in [2.75, 3.05) is 13.2 Å². The van der Waals surface area contributed by atoms with Gasteiger partial charge in [0.1, 0.15) is 11.3 Å². The smallest absolute Gasteiger partial charge is 0.160 e. The van der Waals surface area contributed by atoms with E-state index in [0.717, 1.165) is 36.6 Å². The maximum absolute atomic E-state index is 5.41. The number of ether oxygens (including phenoxy) is 1. The van der Waals surface area contributed by atoms with Crippen LogP contribution in [0.25, 0.3) is 11.2 Å². The second-order valence-corrected chi connectivity index (χ2v) is 3.89. The highest BCUT2D eigenvalue weighted by Gasteiger charge is 2.21. The van der Waals surface area contributed by atoms with E-state index in [1.165, 1.54) is 0 Å². The first-order valence-electron chi connectivity index (χ1n) is 5.23. The summed E-state index contributed by atoms with van der Waals surface area (Å²) in [7, 11) is 0. The van der Waals surface area contributed by atoms with E-state index in [1.54, 1.807) is 0 Å². The fourth-order valence-corrected chi connectivity index (χ4v) is 2.21.